The van der Waals surface area contributed by atoms with Crippen molar-refractivity contribution in [1.29, 1.82) is 0 Å². The number of carboxylic acid groups (broad SMARTS) is 1. The second-order valence-electron chi connectivity index (χ2n) is 4.11. The van der Waals surface area contributed by atoms with Crippen LogP contribution in [0, 0.1) is 0 Å². The van der Waals surface area contributed by atoms with Gasteiger partial charge >= 0.3 is 5.97 Å². The first-order valence-corrected chi connectivity index (χ1v) is 5.65. The molecule has 0 aliphatic carbocycles. The van der Waals surface area contributed by atoms with Crippen LogP contribution in [0.2, 0.25) is 0 Å². The molecule has 1 aromatic heterocycles. The van der Waals surface area contributed by atoms with Crippen LogP contribution < -0.4 is 10.7 Å². The number of H-pyrrole nitrogens is 1. The van der Waals surface area contributed by atoms with E-state index in [2.05, 4.69) is 10.3 Å². The lowest BCUT2D eigenvalue weighted by Crippen LogP contribution is -2.40. The molecule has 0 fully saturated rings. The predicted octanol–water partition coefficient (Wildman–Crippen LogP) is 0.731. The molecule has 0 saturated heterocycles. The van der Waals surface area contributed by atoms with Gasteiger partial charge in [-0.15, -0.1) is 0 Å². The molecule has 1 amide bonds. The molecule has 0 bridgehead atoms. The molecule has 6 nitrogen and oxygen atoms in total. The largest absolute Gasteiger partial charge is 0.480 e. The molecule has 0 radical (unpaired) electrons. The minimum Gasteiger partial charge on any atom is -0.480 e. The second kappa shape index (κ2) is 4.93. The van der Waals surface area contributed by atoms with Crippen molar-refractivity contribution in [2.45, 2.75) is 13.0 Å². The highest BCUT2D eigenvalue weighted by Crippen LogP contribution is 2.07. The zero-order valence-corrected chi connectivity index (χ0v) is 10.1. The Bertz CT molecular complexity index is 705. The number of aromatic amines is 1. The molecule has 0 aliphatic heterocycles. The number of carbonyl (C=O) groups excluding carboxylic acids is 1. The molecule has 2 aromatic rings. The van der Waals surface area contributed by atoms with Gasteiger partial charge in [0.2, 0.25) is 5.43 Å². The lowest BCUT2D eigenvalue weighted by molar-refractivity contribution is -0.138. The Hall–Kier alpha value is -2.63. The molecule has 0 saturated carbocycles. The van der Waals surface area contributed by atoms with Crippen LogP contribution in [0.5, 0.6) is 0 Å². The summed E-state index contributed by atoms with van der Waals surface area (Å²) in [6.07, 6.45) is 1.29. The summed E-state index contributed by atoms with van der Waals surface area (Å²) >= 11 is 0. The fourth-order valence-electron chi connectivity index (χ4n) is 1.67. The van der Waals surface area contributed by atoms with Gasteiger partial charge in [0.1, 0.15) is 11.6 Å². The van der Waals surface area contributed by atoms with Crippen LogP contribution in [0.4, 0.5) is 0 Å². The van der Waals surface area contributed by atoms with Crippen molar-refractivity contribution >= 4 is 22.8 Å². The van der Waals surface area contributed by atoms with Crippen molar-refractivity contribution in [3.63, 3.8) is 0 Å². The van der Waals surface area contributed by atoms with E-state index in [0.29, 0.717) is 10.9 Å². The third-order valence-electron chi connectivity index (χ3n) is 2.75. The van der Waals surface area contributed by atoms with E-state index in [9.17, 15) is 14.4 Å². The Morgan fingerprint density at radius 3 is 2.68 bits per heavy atom. The van der Waals surface area contributed by atoms with Crippen molar-refractivity contribution in [2.75, 3.05) is 0 Å². The molecule has 19 heavy (non-hydrogen) atoms. The van der Waals surface area contributed by atoms with Gasteiger partial charge in [0.05, 0.1) is 0 Å². The number of rotatable bonds is 3. The van der Waals surface area contributed by atoms with Crippen molar-refractivity contribution in [2.24, 2.45) is 0 Å². The number of pyridine rings is 1. The normalized spacial score (nSPS) is 12.1. The number of aliphatic carboxylic acids is 1. The molecule has 1 atom stereocenters. The molecule has 0 aliphatic rings. The average molecular weight is 260 g/mol. The number of benzene rings is 1. The molecule has 98 valence electrons. The maximum absolute atomic E-state index is 12.1. The first-order valence-electron chi connectivity index (χ1n) is 5.65. The minimum atomic E-state index is -1.16. The number of nitrogens with one attached hydrogen (secondary N) is 2. The molecule has 1 heterocycles. The highest BCUT2D eigenvalue weighted by Gasteiger charge is 2.18. The van der Waals surface area contributed by atoms with E-state index < -0.39 is 23.3 Å². The van der Waals surface area contributed by atoms with Gasteiger partial charge in [0.15, 0.2) is 0 Å². The van der Waals surface area contributed by atoms with E-state index in [1.807, 2.05) is 0 Å². The van der Waals surface area contributed by atoms with Gasteiger partial charge in [0, 0.05) is 17.1 Å². The predicted molar refractivity (Wildman–Crippen MR) is 69.1 cm³/mol. The summed E-state index contributed by atoms with van der Waals surface area (Å²) in [6.45, 7) is 1.33. The molecular weight excluding hydrogens is 248 g/mol. The quantitative estimate of drug-likeness (QED) is 0.757. The Labute approximate surface area is 108 Å². The van der Waals surface area contributed by atoms with E-state index >= 15 is 0 Å². The molecule has 6 heteroatoms. The number of carbonyl (C=O) groups is 2. The van der Waals surface area contributed by atoms with Gasteiger partial charge in [-0.1, -0.05) is 12.1 Å². The maximum atomic E-state index is 12.1. The van der Waals surface area contributed by atoms with E-state index in [4.69, 9.17) is 5.11 Å². The van der Waals surface area contributed by atoms with Gasteiger partial charge in [-0.2, -0.15) is 0 Å². The first-order chi connectivity index (χ1) is 9.00. The van der Waals surface area contributed by atoms with Gasteiger partial charge in [-0.3, -0.25) is 14.4 Å². The summed E-state index contributed by atoms with van der Waals surface area (Å²) in [7, 11) is 0. The van der Waals surface area contributed by atoms with Crippen LogP contribution in [-0.4, -0.2) is 28.0 Å². The number of hydrogen-bond donors (Lipinski definition) is 3. The first kappa shape index (κ1) is 12.8. The molecule has 2 rings (SSSR count). The fourth-order valence-corrected chi connectivity index (χ4v) is 1.67. The third-order valence-corrected chi connectivity index (χ3v) is 2.75. The lowest BCUT2D eigenvalue weighted by atomic mass is 10.1. The van der Waals surface area contributed by atoms with Gasteiger partial charge in [0.25, 0.3) is 5.91 Å². The van der Waals surface area contributed by atoms with E-state index in [1.54, 1.807) is 24.3 Å². The average Bonchev–Trinajstić information content (AvgIpc) is 2.39. The summed E-state index contributed by atoms with van der Waals surface area (Å²) < 4.78 is 0. The number of carboxylic acids is 1. The minimum absolute atomic E-state index is 0.105. The molecule has 0 unspecified atom stereocenters. The summed E-state index contributed by atoms with van der Waals surface area (Å²) in [5, 5.41) is 11.3. The Kier molecular flexibility index (Phi) is 3.33. The number of para-hydroxylation sites is 1. The highest BCUT2D eigenvalue weighted by atomic mass is 16.4. The van der Waals surface area contributed by atoms with Crippen LogP contribution in [0.15, 0.2) is 35.3 Å². The van der Waals surface area contributed by atoms with Crippen LogP contribution in [0.25, 0.3) is 10.9 Å². The van der Waals surface area contributed by atoms with Gasteiger partial charge in [-0.25, -0.2) is 0 Å². The smallest absolute Gasteiger partial charge is 0.325 e. The zero-order valence-electron chi connectivity index (χ0n) is 10.1. The van der Waals surface area contributed by atoms with Crippen molar-refractivity contribution < 1.29 is 14.7 Å². The molecule has 3 N–H and O–H groups in total. The number of aromatic nitrogens is 1. The van der Waals surface area contributed by atoms with Crippen molar-refractivity contribution in [3.8, 4) is 0 Å². The van der Waals surface area contributed by atoms with Crippen LogP contribution in [0.1, 0.15) is 17.3 Å². The highest BCUT2D eigenvalue weighted by molar-refractivity contribution is 5.98. The van der Waals surface area contributed by atoms with E-state index in [1.165, 1.54) is 13.1 Å². The maximum Gasteiger partial charge on any atom is 0.325 e. The SMILES string of the molecule is C[C@@H](NC(=O)c1c[nH]c2ccccc2c1=O)C(=O)O. The second-order valence-corrected chi connectivity index (χ2v) is 4.11. The van der Waals surface area contributed by atoms with Gasteiger partial charge in [-0.05, 0) is 19.1 Å². The summed E-state index contributed by atoms with van der Waals surface area (Å²) in [4.78, 5) is 37.4. The Morgan fingerprint density at radius 2 is 2.00 bits per heavy atom. The number of fused-ring (bicyclic) bond motifs is 1. The van der Waals surface area contributed by atoms with Crippen LogP contribution in [0.3, 0.4) is 0 Å². The monoisotopic (exact) mass is 260 g/mol. The van der Waals surface area contributed by atoms with Crippen LogP contribution >= 0.6 is 0 Å². The van der Waals surface area contributed by atoms with Gasteiger partial charge < -0.3 is 15.4 Å². The number of amides is 1. The Balaban J connectivity index is 2.41. The Morgan fingerprint density at radius 1 is 1.32 bits per heavy atom. The lowest BCUT2D eigenvalue weighted by Gasteiger charge is -2.09. The molecule has 0 spiro atoms. The van der Waals surface area contributed by atoms with E-state index in [0.717, 1.165) is 0 Å². The molecular formula is C13H12N2O4. The van der Waals surface area contributed by atoms with Crippen LogP contribution in [-0.2, 0) is 4.79 Å². The van der Waals surface area contributed by atoms with Crippen molar-refractivity contribution in [3.05, 3.63) is 46.2 Å². The summed E-state index contributed by atoms with van der Waals surface area (Å²) in [5.74, 6) is -1.87. The summed E-state index contributed by atoms with van der Waals surface area (Å²) in [6, 6.07) is 5.73. The third kappa shape index (κ3) is 2.47. The standard InChI is InChI=1S/C13H12N2O4/c1-7(13(18)19)15-12(17)9-6-14-10-5-3-2-4-8(10)11(9)16/h2-7H,1H3,(H,14,16)(H,15,17)(H,18,19)/t7-/m1/s1. The van der Waals surface area contributed by atoms with E-state index in [-0.39, 0.29) is 5.56 Å². The summed E-state index contributed by atoms with van der Waals surface area (Å²) in [5.41, 5.74) is 0.0894. The topological polar surface area (TPSA) is 99.3 Å². The van der Waals surface area contributed by atoms with Crippen molar-refractivity contribution in [1.82, 2.24) is 10.3 Å². The number of hydrogen-bond acceptors (Lipinski definition) is 3. The fraction of sp³-hybridized carbons (Fsp3) is 0.154. The zero-order chi connectivity index (χ0) is 14.0. The molecule has 1 aromatic carbocycles.